The van der Waals surface area contributed by atoms with Crippen LogP contribution in [0.4, 0.5) is 0 Å². The maximum atomic E-state index is 12.5. The van der Waals surface area contributed by atoms with Crippen LogP contribution >= 0.6 is 11.8 Å². The number of nitrogens with zero attached hydrogens (tertiary/aromatic N) is 4. The van der Waals surface area contributed by atoms with Crippen LogP contribution in [0.5, 0.6) is 0 Å². The summed E-state index contributed by atoms with van der Waals surface area (Å²) < 4.78 is 3.61. The number of fused-ring (bicyclic) bond motifs is 1. The van der Waals surface area contributed by atoms with Crippen LogP contribution in [0.3, 0.4) is 0 Å². The number of benzene rings is 1. The van der Waals surface area contributed by atoms with Crippen molar-refractivity contribution in [3.8, 4) is 0 Å². The van der Waals surface area contributed by atoms with Crippen LogP contribution in [0.2, 0.25) is 0 Å². The largest absolute Gasteiger partial charge is 0.329 e. The minimum Gasteiger partial charge on any atom is -0.329 e. The molecule has 0 saturated carbocycles. The summed E-state index contributed by atoms with van der Waals surface area (Å²) >= 11 is 1.52. The Kier molecular flexibility index (Phi) is 3.31. The molecule has 0 unspecified atom stereocenters. The number of hydrogen-bond donors (Lipinski definition) is 0. The SMILES string of the molecule is Cc1nc2ccccc2c(=O)n1CSc1nccn1C. The van der Waals surface area contributed by atoms with Gasteiger partial charge in [0.2, 0.25) is 0 Å². The van der Waals surface area contributed by atoms with Gasteiger partial charge in [0, 0.05) is 19.4 Å². The van der Waals surface area contributed by atoms with E-state index in [1.54, 1.807) is 10.8 Å². The molecule has 0 atom stereocenters. The van der Waals surface area contributed by atoms with Gasteiger partial charge in [-0.15, -0.1) is 0 Å². The smallest absolute Gasteiger partial charge is 0.262 e. The zero-order chi connectivity index (χ0) is 14.1. The molecule has 0 aliphatic rings. The summed E-state index contributed by atoms with van der Waals surface area (Å²) in [5.74, 6) is 1.23. The average molecular weight is 286 g/mol. The van der Waals surface area contributed by atoms with Crippen molar-refractivity contribution >= 4 is 22.7 Å². The van der Waals surface area contributed by atoms with E-state index >= 15 is 0 Å². The molecule has 3 aromatic rings. The molecule has 0 radical (unpaired) electrons. The molecule has 0 fully saturated rings. The van der Waals surface area contributed by atoms with E-state index in [9.17, 15) is 4.79 Å². The van der Waals surface area contributed by atoms with E-state index in [1.807, 2.05) is 49.0 Å². The van der Waals surface area contributed by atoms with E-state index in [4.69, 9.17) is 0 Å². The van der Waals surface area contributed by atoms with Crippen molar-refractivity contribution in [2.75, 3.05) is 0 Å². The Bertz CT molecular complexity index is 821. The minimum atomic E-state index is -0.00481. The van der Waals surface area contributed by atoms with E-state index < -0.39 is 0 Å². The predicted octanol–water partition coefficient (Wildman–Crippen LogP) is 2.19. The maximum Gasteiger partial charge on any atom is 0.262 e. The standard InChI is InChI=1S/C14H14N4OS/c1-10-16-12-6-4-3-5-11(12)13(19)18(10)9-20-14-15-7-8-17(14)2/h3-8H,9H2,1-2H3. The van der Waals surface area contributed by atoms with Crippen molar-refractivity contribution in [1.29, 1.82) is 0 Å². The monoisotopic (exact) mass is 286 g/mol. The Morgan fingerprint density at radius 2 is 2.10 bits per heavy atom. The zero-order valence-electron chi connectivity index (χ0n) is 11.3. The third-order valence-corrected chi connectivity index (χ3v) is 4.19. The second kappa shape index (κ2) is 5.13. The second-order valence-electron chi connectivity index (χ2n) is 4.50. The van der Waals surface area contributed by atoms with Crippen LogP contribution in [-0.2, 0) is 12.9 Å². The summed E-state index contributed by atoms with van der Waals surface area (Å²) in [5.41, 5.74) is 0.739. The highest BCUT2D eigenvalue weighted by atomic mass is 32.2. The summed E-state index contributed by atoms with van der Waals surface area (Å²) in [6.45, 7) is 1.85. The molecule has 102 valence electrons. The lowest BCUT2D eigenvalue weighted by atomic mass is 10.2. The number of para-hydroxylation sites is 1. The van der Waals surface area contributed by atoms with Gasteiger partial charge in [-0.2, -0.15) is 0 Å². The molecule has 0 spiro atoms. The normalized spacial score (nSPS) is 11.1. The van der Waals surface area contributed by atoms with Gasteiger partial charge in [0.15, 0.2) is 5.16 Å². The van der Waals surface area contributed by atoms with Gasteiger partial charge in [-0.1, -0.05) is 23.9 Å². The molecular formula is C14H14N4OS. The Morgan fingerprint density at radius 1 is 1.30 bits per heavy atom. The summed E-state index contributed by atoms with van der Waals surface area (Å²) in [7, 11) is 1.93. The highest BCUT2D eigenvalue weighted by Gasteiger charge is 2.09. The molecule has 1 aromatic carbocycles. The summed E-state index contributed by atoms with van der Waals surface area (Å²) in [4.78, 5) is 21.2. The van der Waals surface area contributed by atoms with E-state index in [-0.39, 0.29) is 5.56 Å². The first-order chi connectivity index (χ1) is 9.66. The Hall–Kier alpha value is -2.08. The summed E-state index contributed by atoms with van der Waals surface area (Å²) in [6.07, 6.45) is 3.63. The van der Waals surface area contributed by atoms with Crippen molar-refractivity contribution in [2.24, 2.45) is 7.05 Å². The van der Waals surface area contributed by atoms with E-state index in [0.29, 0.717) is 11.3 Å². The number of thioether (sulfide) groups is 1. The molecule has 0 aliphatic carbocycles. The van der Waals surface area contributed by atoms with E-state index in [2.05, 4.69) is 9.97 Å². The van der Waals surface area contributed by atoms with Gasteiger partial charge < -0.3 is 4.57 Å². The van der Waals surface area contributed by atoms with Crippen molar-refractivity contribution in [3.05, 3.63) is 52.8 Å². The number of hydrogen-bond acceptors (Lipinski definition) is 4. The van der Waals surface area contributed by atoms with Gasteiger partial charge in [-0.05, 0) is 19.1 Å². The fourth-order valence-corrected chi connectivity index (χ4v) is 2.99. The molecule has 0 N–H and O–H groups in total. The zero-order valence-corrected chi connectivity index (χ0v) is 12.1. The van der Waals surface area contributed by atoms with Gasteiger partial charge in [0.25, 0.3) is 5.56 Å². The molecule has 0 amide bonds. The second-order valence-corrected chi connectivity index (χ2v) is 5.42. The Balaban J connectivity index is 1.99. The third kappa shape index (κ3) is 2.22. The number of imidazole rings is 1. The molecule has 20 heavy (non-hydrogen) atoms. The van der Waals surface area contributed by atoms with Crippen LogP contribution < -0.4 is 5.56 Å². The lowest BCUT2D eigenvalue weighted by Gasteiger charge is -2.10. The maximum absolute atomic E-state index is 12.5. The van der Waals surface area contributed by atoms with Gasteiger partial charge in [-0.25, -0.2) is 9.97 Å². The third-order valence-electron chi connectivity index (χ3n) is 3.15. The molecule has 3 rings (SSSR count). The highest BCUT2D eigenvalue weighted by Crippen LogP contribution is 2.17. The fourth-order valence-electron chi connectivity index (χ4n) is 2.04. The topological polar surface area (TPSA) is 52.7 Å². The fraction of sp³-hybridized carbons (Fsp3) is 0.214. The number of rotatable bonds is 3. The van der Waals surface area contributed by atoms with Gasteiger partial charge >= 0.3 is 0 Å². The van der Waals surface area contributed by atoms with Crippen LogP contribution in [0.15, 0.2) is 46.6 Å². The lowest BCUT2D eigenvalue weighted by molar-refractivity contribution is 0.755. The lowest BCUT2D eigenvalue weighted by Crippen LogP contribution is -2.23. The average Bonchev–Trinajstić information content (AvgIpc) is 2.84. The van der Waals surface area contributed by atoms with E-state index in [1.165, 1.54) is 11.8 Å². The Morgan fingerprint density at radius 3 is 2.85 bits per heavy atom. The van der Waals surface area contributed by atoms with E-state index in [0.717, 1.165) is 16.5 Å². The summed E-state index contributed by atoms with van der Waals surface area (Å²) in [5, 5.41) is 1.53. The molecule has 2 heterocycles. The quantitative estimate of drug-likeness (QED) is 0.693. The van der Waals surface area contributed by atoms with Crippen molar-refractivity contribution in [2.45, 2.75) is 18.0 Å². The molecule has 5 nitrogen and oxygen atoms in total. The molecule has 6 heteroatoms. The predicted molar refractivity (Wildman–Crippen MR) is 79.8 cm³/mol. The first-order valence-corrected chi connectivity index (χ1v) is 7.21. The first-order valence-electron chi connectivity index (χ1n) is 6.23. The van der Waals surface area contributed by atoms with Crippen molar-refractivity contribution < 1.29 is 0 Å². The number of aryl methyl sites for hydroxylation is 2. The number of aromatic nitrogens is 4. The van der Waals surface area contributed by atoms with Gasteiger partial charge in [-0.3, -0.25) is 9.36 Å². The van der Waals surface area contributed by atoms with Crippen molar-refractivity contribution in [1.82, 2.24) is 19.1 Å². The highest BCUT2D eigenvalue weighted by molar-refractivity contribution is 7.98. The van der Waals surface area contributed by atoms with Crippen LogP contribution in [-0.4, -0.2) is 19.1 Å². The van der Waals surface area contributed by atoms with Crippen LogP contribution in [0.1, 0.15) is 5.82 Å². The van der Waals surface area contributed by atoms with Crippen LogP contribution in [0.25, 0.3) is 10.9 Å². The van der Waals surface area contributed by atoms with Gasteiger partial charge in [0.05, 0.1) is 16.8 Å². The van der Waals surface area contributed by atoms with Gasteiger partial charge in [0.1, 0.15) is 5.82 Å². The molecular weight excluding hydrogens is 272 g/mol. The van der Waals surface area contributed by atoms with Crippen LogP contribution in [0, 0.1) is 6.92 Å². The molecule has 0 bridgehead atoms. The Labute approximate surface area is 120 Å². The molecule has 2 aromatic heterocycles. The summed E-state index contributed by atoms with van der Waals surface area (Å²) in [6, 6.07) is 7.42. The minimum absolute atomic E-state index is 0.00481. The molecule has 0 saturated heterocycles. The van der Waals surface area contributed by atoms with Crippen molar-refractivity contribution in [3.63, 3.8) is 0 Å². The molecule has 0 aliphatic heterocycles. The first kappa shape index (κ1) is 12.9.